The Kier molecular flexibility index (Phi) is 7.19. The first-order chi connectivity index (χ1) is 15.1. The summed E-state index contributed by atoms with van der Waals surface area (Å²) in [6.45, 7) is 10.2. The van der Waals surface area contributed by atoms with Gasteiger partial charge in [-0.3, -0.25) is 9.69 Å². The lowest BCUT2D eigenvalue weighted by atomic mass is 10.2. The molecule has 0 radical (unpaired) electrons. The van der Waals surface area contributed by atoms with Gasteiger partial charge in [0.05, 0.1) is 12.2 Å². The van der Waals surface area contributed by atoms with Gasteiger partial charge in [0.1, 0.15) is 12.1 Å². The third-order valence-electron chi connectivity index (χ3n) is 6.25. The molecule has 0 unspecified atom stereocenters. The van der Waals surface area contributed by atoms with Crippen molar-refractivity contribution in [3.63, 3.8) is 0 Å². The Morgan fingerprint density at radius 2 is 1.84 bits per heavy atom. The van der Waals surface area contributed by atoms with Gasteiger partial charge in [0.15, 0.2) is 5.69 Å². The monoisotopic (exact) mass is 429 g/mol. The van der Waals surface area contributed by atoms with Crippen LogP contribution in [0.4, 0.5) is 10.1 Å². The Balaban J connectivity index is 1.27. The summed E-state index contributed by atoms with van der Waals surface area (Å²) in [7, 11) is 0. The number of anilines is 1. The van der Waals surface area contributed by atoms with Gasteiger partial charge in [-0.1, -0.05) is 12.1 Å². The summed E-state index contributed by atoms with van der Waals surface area (Å²) in [4.78, 5) is 25.8. The quantitative estimate of drug-likeness (QED) is 0.643. The normalized spacial score (nSPS) is 17.9. The van der Waals surface area contributed by atoms with Crippen molar-refractivity contribution >= 4 is 11.6 Å². The fraction of sp³-hybridized carbons (Fsp3) is 0.565. The van der Waals surface area contributed by atoms with E-state index in [1.165, 1.54) is 25.2 Å². The van der Waals surface area contributed by atoms with E-state index in [9.17, 15) is 9.18 Å². The standard InChI is InChI=1S/C23H32FN5O2/c1-2-28(14-11-26-9-5-6-10-26)23(30)20-18-31-22(25-20)17-27-12-15-29(16-13-27)21-8-4-3-7-19(21)24/h3-4,7-8,18H,2,5-6,9-17H2,1H3. The number of oxazole rings is 1. The molecule has 8 heteroatoms. The largest absolute Gasteiger partial charge is 0.447 e. The second-order valence-corrected chi connectivity index (χ2v) is 8.27. The highest BCUT2D eigenvalue weighted by Gasteiger charge is 2.23. The molecule has 4 rings (SSSR count). The molecule has 2 aliphatic heterocycles. The molecule has 0 atom stereocenters. The van der Waals surface area contributed by atoms with E-state index in [1.807, 2.05) is 24.0 Å². The first-order valence-electron chi connectivity index (χ1n) is 11.3. The number of carbonyl (C=O) groups is 1. The number of nitrogens with zero attached hydrogens (tertiary/aromatic N) is 5. The van der Waals surface area contributed by atoms with Gasteiger partial charge in [-0.05, 0) is 45.0 Å². The van der Waals surface area contributed by atoms with Gasteiger partial charge in [-0.15, -0.1) is 0 Å². The Hall–Kier alpha value is -2.45. The number of amides is 1. The van der Waals surface area contributed by atoms with Gasteiger partial charge in [0.25, 0.3) is 5.91 Å². The van der Waals surface area contributed by atoms with Crippen LogP contribution in [0.25, 0.3) is 0 Å². The Labute approximate surface area is 183 Å². The zero-order valence-corrected chi connectivity index (χ0v) is 18.3. The van der Waals surface area contributed by atoms with E-state index in [2.05, 4.69) is 19.7 Å². The van der Waals surface area contributed by atoms with Gasteiger partial charge >= 0.3 is 0 Å². The first-order valence-corrected chi connectivity index (χ1v) is 11.3. The second-order valence-electron chi connectivity index (χ2n) is 8.27. The van der Waals surface area contributed by atoms with Crippen molar-refractivity contribution in [1.82, 2.24) is 19.7 Å². The molecule has 0 aliphatic carbocycles. The fourth-order valence-electron chi connectivity index (χ4n) is 4.36. The number of carbonyl (C=O) groups excluding carboxylic acids is 1. The zero-order valence-electron chi connectivity index (χ0n) is 18.3. The van der Waals surface area contributed by atoms with E-state index < -0.39 is 0 Å². The highest BCUT2D eigenvalue weighted by molar-refractivity contribution is 5.92. The Bertz CT molecular complexity index is 859. The highest BCUT2D eigenvalue weighted by atomic mass is 19.1. The lowest BCUT2D eigenvalue weighted by Crippen LogP contribution is -2.46. The van der Waals surface area contributed by atoms with Crippen LogP contribution in [0.1, 0.15) is 36.1 Å². The average Bonchev–Trinajstić information content (AvgIpc) is 3.47. The number of likely N-dealkylation sites (tertiary alicyclic amines) is 1. The first kappa shape index (κ1) is 21.8. The van der Waals surface area contributed by atoms with Gasteiger partial charge in [0, 0.05) is 45.8 Å². The molecule has 2 saturated heterocycles. The minimum atomic E-state index is -0.183. The Morgan fingerprint density at radius 1 is 1.10 bits per heavy atom. The summed E-state index contributed by atoms with van der Waals surface area (Å²) in [5.74, 6) is 0.302. The molecule has 2 fully saturated rings. The van der Waals surface area contributed by atoms with Crippen LogP contribution >= 0.6 is 0 Å². The zero-order chi connectivity index (χ0) is 21.6. The summed E-state index contributed by atoms with van der Waals surface area (Å²) < 4.78 is 19.6. The lowest BCUT2D eigenvalue weighted by molar-refractivity contribution is 0.0743. The number of rotatable bonds is 8. The van der Waals surface area contributed by atoms with Crippen LogP contribution in [0.2, 0.25) is 0 Å². The van der Waals surface area contributed by atoms with Crippen LogP contribution in [0.5, 0.6) is 0 Å². The molecule has 1 amide bonds. The van der Waals surface area contributed by atoms with Crippen molar-refractivity contribution in [3.05, 3.63) is 47.9 Å². The van der Waals surface area contributed by atoms with Gasteiger partial charge in [0.2, 0.25) is 5.89 Å². The van der Waals surface area contributed by atoms with Crippen LogP contribution in [-0.2, 0) is 6.54 Å². The number of aromatic nitrogens is 1. The predicted octanol–water partition coefficient (Wildman–Crippen LogP) is 2.69. The lowest BCUT2D eigenvalue weighted by Gasteiger charge is -2.35. The topological polar surface area (TPSA) is 56.1 Å². The molecule has 168 valence electrons. The van der Waals surface area contributed by atoms with E-state index in [1.54, 1.807) is 6.07 Å². The summed E-state index contributed by atoms with van der Waals surface area (Å²) in [6, 6.07) is 6.89. The minimum absolute atomic E-state index is 0.0685. The number of piperazine rings is 1. The molecule has 2 aromatic rings. The predicted molar refractivity (Wildman–Crippen MR) is 118 cm³/mol. The van der Waals surface area contributed by atoms with Crippen LogP contribution in [0.15, 0.2) is 34.9 Å². The van der Waals surface area contributed by atoms with Crippen LogP contribution in [-0.4, -0.2) is 84.5 Å². The number of halogens is 1. The van der Waals surface area contributed by atoms with Crippen LogP contribution in [0.3, 0.4) is 0 Å². The number of benzene rings is 1. The van der Waals surface area contributed by atoms with E-state index >= 15 is 0 Å². The SMILES string of the molecule is CCN(CCN1CCCC1)C(=O)c1coc(CN2CCN(c3ccccc3F)CC2)n1. The molecular weight excluding hydrogens is 397 g/mol. The van der Waals surface area contributed by atoms with Gasteiger partial charge in [-0.2, -0.15) is 0 Å². The molecule has 0 saturated carbocycles. The van der Waals surface area contributed by atoms with Crippen LogP contribution in [0, 0.1) is 5.82 Å². The van der Waals surface area contributed by atoms with Gasteiger partial charge in [-0.25, -0.2) is 9.37 Å². The van der Waals surface area contributed by atoms with Crippen molar-refractivity contribution in [2.45, 2.75) is 26.3 Å². The van der Waals surface area contributed by atoms with Crippen molar-refractivity contribution in [2.24, 2.45) is 0 Å². The molecule has 31 heavy (non-hydrogen) atoms. The van der Waals surface area contributed by atoms with Crippen molar-refractivity contribution < 1.29 is 13.6 Å². The number of likely N-dealkylation sites (N-methyl/N-ethyl adjacent to an activating group) is 1. The third kappa shape index (κ3) is 5.43. The molecule has 0 spiro atoms. The van der Waals surface area contributed by atoms with Crippen LogP contribution < -0.4 is 4.90 Å². The molecule has 0 N–H and O–H groups in total. The van der Waals surface area contributed by atoms with Gasteiger partial charge < -0.3 is 19.1 Å². The summed E-state index contributed by atoms with van der Waals surface area (Å²) in [6.07, 6.45) is 3.98. The van der Waals surface area contributed by atoms with Crippen molar-refractivity contribution in [1.29, 1.82) is 0 Å². The number of para-hydroxylation sites is 1. The van der Waals surface area contributed by atoms with Crippen molar-refractivity contribution in [3.8, 4) is 0 Å². The highest BCUT2D eigenvalue weighted by Crippen LogP contribution is 2.21. The molecule has 1 aromatic carbocycles. The molecule has 0 bridgehead atoms. The van der Waals surface area contributed by atoms with E-state index in [-0.39, 0.29) is 11.7 Å². The maximum atomic E-state index is 14.0. The smallest absolute Gasteiger partial charge is 0.275 e. The maximum absolute atomic E-state index is 14.0. The maximum Gasteiger partial charge on any atom is 0.275 e. The van der Waals surface area contributed by atoms with Crippen molar-refractivity contribution in [2.75, 3.05) is 63.8 Å². The second kappa shape index (κ2) is 10.2. The fourth-order valence-corrected chi connectivity index (χ4v) is 4.36. The number of hydrogen-bond acceptors (Lipinski definition) is 6. The minimum Gasteiger partial charge on any atom is -0.447 e. The average molecular weight is 430 g/mol. The van der Waals surface area contributed by atoms with E-state index in [0.717, 1.165) is 52.4 Å². The summed E-state index contributed by atoms with van der Waals surface area (Å²) >= 11 is 0. The third-order valence-corrected chi connectivity index (χ3v) is 6.25. The Morgan fingerprint density at radius 3 is 2.55 bits per heavy atom. The van der Waals surface area contributed by atoms with E-state index in [0.29, 0.717) is 30.4 Å². The molecule has 3 heterocycles. The van der Waals surface area contributed by atoms with E-state index in [4.69, 9.17) is 4.42 Å². The number of hydrogen-bond donors (Lipinski definition) is 0. The summed E-state index contributed by atoms with van der Waals surface area (Å²) in [5, 5.41) is 0. The molecular formula is C23H32FN5O2. The summed E-state index contributed by atoms with van der Waals surface area (Å²) in [5.41, 5.74) is 1.03. The molecule has 7 nitrogen and oxygen atoms in total. The molecule has 2 aliphatic rings. The molecule has 1 aromatic heterocycles.